The molecule has 3 aromatic rings. The number of benzene rings is 2. The van der Waals surface area contributed by atoms with E-state index in [1.165, 1.54) is 37.5 Å². The van der Waals surface area contributed by atoms with Crippen LogP contribution in [0.5, 0.6) is 5.75 Å². The van der Waals surface area contributed by atoms with Gasteiger partial charge in [0.25, 0.3) is 5.91 Å². The third-order valence-corrected chi connectivity index (χ3v) is 3.83. The average molecular weight is 383 g/mol. The first kappa shape index (κ1) is 19.2. The molecular weight excluding hydrogens is 365 g/mol. The number of esters is 1. The van der Waals surface area contributed by atoms with Crippen LogP contribution in [0.25, 0.3) is 0 Å². The Kier molecular flexibility index (Phi) is 6.06. The molecule has 7 heteroatoms. The van der Waals surface area contributed by atoms with Crippen molar-refractivity contribution >= 4 is 17.6 Å². The molecule has 0 bridgehead atoms. The van der Waals surface area contributed by atoms with Crippen LogP contribution < -0.4 is 10.1 Å². The van der Waals surface area contributed by atoms with Crippen LogP contribution >= 0.6 is 0 Å². The molecule has 0 spiro atoms. The first-order chi connectivity index (χ1) is 13.5. The summed E-state index contributed by atoms with van der Waals surface area (Å²) in [5.74, 6) is -1.13. The van der Waals surface area contributed by atoms with Crippen molar-refractivity contribution in [2.24, 2.45) is 0 Å². The summed E-state index contributed by atoms with van der Waals surface area (Å²) in [6.07, 6.45) is 0.273. The van der Waals surface area contributed by atoms with Crippen LogP contribution in [0.3, 0.4) is 0 Å². The number of furan rings is 1. The van der Waals surface area contributed by atoms with Crippen LogP contribution in [0.15, 0.2) is 71.3 Å². The summed E-state index contributed by atoms with van der Waals surface area (Å²) >= 11 is 0. The fourth-order valence-electron chi connectivity index (χ4n) is 2.35. The van der Waals surface area contributed by atoms with Gasteiger partial charge in [0.15, 0.2) is 6.10 Å². The molecule has 0 saturated carbocycles. The van der Waals surface area contributed by atoms with E-state index in [0.717, 1.165) is 0 Å². The van der Waals surface area contributed by atoms with Crippen molar-refractivity contribution in [3.8, 4) is 5.75 Å². The molecule has 0 saturated heterocycles. The van der Waals surface area contributed by atoms with E-state index < -0.39 is 23.8 Å². The summed E-state index contributed by atoms with van der Waals surface area (Å²) in [5, 5.41) is 2.54. The van der Waals surface area contributed by atoms with Gasteiger partial charge in [-0.2, -0.15) is 0 Å². The van der Waals surface area contributed by atoms with E-state index in [2.05, 4.69) is 5.32 Å². The van der Waals surface area contributed by atoms with E-state index in [4.69, 9.17) is 13.9 Å². The van der Waals surface area contributed by atoms with Crippen molar-refractivity contribution in [1.29, 1.82) is 0 Å². The van der Waals surface area contributed by atoms with E-state index in [9.17, 15) is 14.0 Å². The van der Waals surface area contributed by atoms with Gasteiger partial charge in [0.05, 0.1) is 6.26 Å². The third-order valence-electron chi connectivity index (χ3n) is 3.83. The monoisotopic (exact) mass is 383 g/mol. The average Bonchev–Trinajstić information content (AvgIpc) is 3.17. The summed E-state index contributed by atoms with van der Waals surface area (Å²) in [6, 6.07) is 16.0. The molecule has 1 amide bonds. The maximum absolute atomic E-state index is 12.9. The normalized spacial score (nSPS) is 11.5. The Hall–Kier alpha value is -3.61. The fraction of sp³-hybridized carbons (Fsp3) is 0.143. The molecule has 6 nitrogen and oxygen atoms in total. The van der Waals surface area contributed by atoms with Crippen molar-refractivity contribution in [3.05, 3.63) is 84.1 Å². The maximum Gasteiger partial charge on any atom is 0.375 e. The number of para-hydroxylation sites is 1. The van der Waals surface area contributed by atoms with E-state index in [1.807, 2.05) is 18.2 Å². The number of carbonyl (C=O) groups is 2. The second-order valence-electron chi connectivity index (χ2n) is 5.92. The lowest BCUT2D eigenvalue weighted by atomic mass is 10.2. The van der Waals surface area contributed by atoms with Gasteiger partial charge < -0.3 is 19.2 Å². The lowest BCUT2D eigenvalue weighted by molar-refractivity contribution is -0.123. The van der Waals surface area contributed by atoms with Gasteiger partial charge in [0.1, 0.15) is 18.2 Å². The second kappa shape index (κ2) is 8.85. The number of anilines is 1. The Morgan fingerprint density at radius 3 is 2.50 bits per heavy atom. The van der Waals surface area contributed by atoms with Gasteiger partial charge in [-0.15, -0.1) is 0 Å². The lowest BCUT2D eigenvalue weighted by Gasteiger charge is -2.13. The van der Waals surface area contributed by atoms with Crippen molar-refractivity contribution in [3.63, 3.8) is 0 Å². The number of nitrogens with one attached hydrogen (secondary N) is 1. The van der Waals surface area contributed by atoms with Crippen molar-refractivity contribution in [2.45, 2.75) is 19.6 Å². The molecule has 0 fully saturated rings. The van der Waals surface area contributed by atoms with E-state index >= 15 is 0 Å². The number of halogens is 1. The highest BCUT2D eigenvalue weighted by Gasteiger charge is 2.23. The summed E-state index contributed by atoms with van der Waals surface area (Å²) in [6.45, 7) is 1.54. The van der Waals surface area contributed by atoms with E-state index in [0.29, 0.717) is 17.0 Å². The zero-order chi connectivity index (χ0) is 19.9. The number of carbonyl (C=O) groups excluding carboxylic acids is 2. The van der Waals surface area contributed by atoms with E-state index in [1.54, 1.807) is 18.2 Å². The Morgan fingerprint density at radius 1 is 1.07 bits per heavy atom. The minimum Gasteiger partial charge on any atom is -0.489 e. The molecule has 0 aliphatic rings. The summed E-state index contributed by atoms with van der Waals surface area (Å²) in [5.41, 5.74) is 0.893. The molecule has 3 rings (SSSR count). The number of hydrogen-bond acceptors (Lipinski definition) is 5. The standard InChI is InChI=1S/C21H18FNO5/c1-14(20(24)23-17-9-7-16(22)8-10-17)28-21(25)19-15(11-12-26-19)13-27-18-5-3-2-4-6-18/h2-12,14H,13H2,1H3,(H,23,24)/t14-/m0/s1. The molecule has 144 valence electrons. The highest BCUT2D eigenvalue weighted by molar-refractivity contribution is 5.96. The molecule has 0 aliphatic carbocycles. The van der Waals surface area contributed by atoms with Crippen molar-refractivity contribution in [1.82, 2.24) is 0 Å². The Morgan fingerprint density at radius 2 is 1.79 bits per heavy atom. The molecule has 0 unspecified atom stereocenters. The van der Waals surface area contributed by atoms with Gasteiger partial charge in [-0.1, -0.05) is 18.2 Å². The summed E-state index contributed by atoms with van der Waals surface area (Å²) < 4.78 is 28.9. The quantitative estimate of drug-likeness (QED) is 0.619. The molecule has 0 aliphatic heterocycles. The van der Waals surface area contributed by atoms with Crippen molar-refractivity contribution < 1.29 is 27.9 Å². The van der Waals surface area contributed by atoms with Crippen LogP contribution in [0.1, 0.15) is 23.0 Å². The highest BCUT2D eigenvalue weighted by Crippen LogP contribution is 2.17. The Balaban J connectivity index is 1.57. The molecule has 1 heterocycles. The van der Waals surface area contributed by atoms with Crippen LogP contribution in [-0.2, 0) is 16.1 Å². The van der Waals surface area contributed by atoms with Gasteiger partial charge in [0.2, 0.25) is 5.76 Å². The van der Waals surface area contributed by atoms with Gasteiger partial charge in [-0.3, -0.25) is 4.79 Å². The molecular formula is C21H18FNO5. The molecule has 2 aromatic carbocycles. The Bertz CT molecular complexity index is 937. The highest BCUT2D eigenvalue weighted by atomic mass is 19.1. The van der Waals surface area contributed by atoms with Gasteiger partial charge in [-0.25, -0.2) is 9.18 Å². The SMILES string of the molecule is C[C@H](OC(=O)c1occc1COc1ccccc1)C(=O)Nc1ccc(F)cc1. The Labute approximate surface area is 160 Å². The van der Waals surface area contributed by atoms with Crippen molar-refractivity contribution in [2.75, 3.05) is 5.32 Å². The largest absolute Gasteiger partial charge is 0.489 e. The summed E-state index contributed by atoms with van der Waals surface area (Å²) in [7, 11) is 0. The topological polar surface area (TPSA) is 77.8 Å². The van der Waals surface area contributed by atoms with Gasteiger partial charge in [0, 0.05) is 11.3 Å². The zero-order valence-electron chi connectivity index (χ0n) is 15.1. The smallest absolute Gasteiger partial charge is 0.375 e. The first-order valence-electron chi connectivity index (χ1n) is 8.54. The predicted molar refractivity (Wildman–Crippen MR) is 99.4 cm³/mol. The number of amides is 1. The minimum atomic E-state index is -1.08. The molecule has 0 radical (unpaired) electrons. The number of ether oxygens (including phenoxy) is 2. The number of rotatable bonds is 7. The minimum absolute atomic E-state index is 0.0302. The van der Waals surface area contributed by atoms with Crippen LogP contribution in [0.2, 0.25) is 0 Å². The predicted octanol–water partition coefficient (Wildman–Crippen LogP) is 4.18. The fourth-order valence-corrected chi connectivity index (χ4v) is 2.35. The second-order valence-corrected chi connectivity index (χ2v) is 5.92. The van der Waals surface area contributed by atoms with Crippen LogP contribution in [0, 0.1) is 5.82 Å². The third kappa shape index (κ3) is 4.97. The molecule has 1 N–H and O–H groups in total. The lowest BCUT2D eigenvalue weighted by Crippen LogP contribution is -2.30. The maximum atomic E-state index is 12.9. The van der Waals surface area contributed by atoms with E-state index in [-0.39, 0.29) is 12.4 Å². The van der Waals surface area contributed by atoms with Crippen LogP contribution in [0.4, 0.5) is 10.1 Å². The summed E-state index contributed by atoms with van der Waals surface area (Å²) in [4.78, 5) is 24.5. The first-order valence-corrected chi connectivity index (χ1v) is 8.54. The molecule has 1 atom stereocenters. The molecule has 1 aromatic heterocycles. The van der Waals surface area contributed by atoms with Gasteiger partial charge in [-0.05, 0) is 49.4 Å². The van der Waals surface area contributed by atoms with Crippen LogP contribution in [-0.4, -0.2) is 18.0 Å². The zero-order valence-corrected chi connectivity index (χ0v) is 15.1. The van der Waals surface area contributed by atoms with Gasteiger partial charge >= 0.3 is 5.97 Å². The number of hydrogen-bond donors (Lipinski definition) is 1. The molecule has 28 heavy (non-hydrogen) atoms.